The summed E-state index contributed by atoms with van der Waals surface area (Å²) >= 11 is 3.40. The summed E-state index contributed by atoms with van der Waals surface area (Å²) in [5, 5.41) is 6.26. The van der Waals surface area contributed by atoms with E-state index in [2.05, 4.69) is 26.6 Å². The summed E-state index contributed by atoms with van der Waals surface area (Å²) in [4.78, 5) is 12.2. The van der Waals surface area contributed by atoms with Gasteiger partial charge in [-0.3, -0.25) is 4.79 Å². The first-order valence-corrected chi connectivity index (χ1v) is 8.49. The Morgan fingerprint density at radius 1 is 1.38 bits per heavy atom. The molecule has 5 nitrogen and oxygen atoms in total. The Kier molecular flexibility index (Phi) is 7.15. The van der Waals surface area contributed by atoms with Crippen LogP contribution in [0, 0.1) is 0 Å². The van der Waals surface area contributed by atoms with E-state index in [0.29, 0.717) is 11.5 Å². The number of halogens is 2. The summed E-state index contributed by atoms with van der Waals surface area (Å²) in [7, 11) is 0. The third-order valence-corrected chi connectivity index (χ3v) is 4.19. The van der Waals surface area contributed by atoms with Crippen LogP contribution in [0.15, 0.2) is 45.3 Å². The largest absolute Gasteiger partial charge is 0.486 e. The van der Waals surface area contributed by atoms with Crippen molar-refractivity contribution in [2.75, 3.05) is 13.1 Å². The van der Waals surface area contributed by atoms with Crippen molar-refractivity contribution in [2.24, 2.45) is 0 Å². The fraction of sp³-hybridized carbons (Fsp3) is 0.353. The number of amides is 1. The van der Waals surface area contributed by atoms with Crippen LogP contribution >= 0.6 is 28.3 Å². The van der Waals surface area contributed by atoms with Crippen LogP contribution in [0.2, 0.25) is 0 Å². The van der Waals surface area contributed by atoms with Crippen LogP contribution in [-0.4, -0.2) is 25.0 Å². The second kappa shape index (κ2) is 9.11. The van der Waals surface area contributed by atoms with Gasteiger partial charge in [0.25, 0.3) is 5.91 Å². The molecule has 1 aliphatic rings. The first-order chi connectivity index (χ1) is 11.2. The van der Waals surface area contributed by atoms with Gasteiger partial charge in [-0.05, 0) is 49.7 Å². The topological polar surface area (TPSA) is 63.5 Å². The molecule has 0 spiro atoms. The Hall–Kier alpha value is -1.50. The number of nitrogens with one attached hydrogen (secondary N) is 2. The van der Waals surface area contributed by atoms with Crippen LogP contribution < -0.4 is 15.4 Å². The summed E-state index contributed by atoms with van der Waals surface area (Å²) in [5.74, 6) is 1.52. The zero-order valence-electron chi connectivity index (χ0n) is 13.1. The van der Waals surface area contributed by atoms with Crippen molar-refractivity contribution in [3.63, 3.8) is 0 Å². The van der Waals surface area contributed by atoms with Crippen molar-refractivity contribution in [3.05, 3.63) is 52.4 Å². The van der Waals surface area contributed by atoms with Gasteiger partial charge >= 0.3 is 0 Å². The normalized spacial score (nSPS) is 17.0. The van der Waals surface area contributed by atoms with E-state index < -0.39 is 0 Å². The van der Waals surface area contributed by atoms with Crippen LogP contribution in [-0.2, 0) is 6.61 Å². The Balaban J connectivity index is 0.00000208. The maximum absolute atomic E-state index is 12.2. The first kappa shape index (κ1) is 18.8. The second-order valence-corrected chi connectivity index (χ2v) is 6.44. The Bertz CT molecular complexity index is 671. The van der Waals surface area contributed by atoms with Crippen molar-refractivity contribution >= 4 is 34.2 Å². The average molecular weight is 416 g/mol. The number of furan rings is 1. The van der Waals surface area contributed by atoms with Crippen LogP contribution in [0.4, 0.5) is 0 Å². The van der Waals surface area contributed by atoms with E-state index in [-0.39, 0.29) is 31.0 Å². The van der Waals surface area contributed by atoms with Gasteiger partial charge < -0.3 is 19.8 Å². The van der Waals surface area contributed by atoms with Crippen molar-refractivity contribution < 1.29 is 13.9 Å². The van der Waals surface area contributed by atoms with Crippen molar-refractivity contribution in [2.45, 2.75) is 25.5 Å². The van der Waals surface area contributed by atoms with E-state index in [0.717, 1.165) is 36.2 Å². The molecule has 0 radical (unpaired) electrons. The van der Waals surface area contributed by atoms with Gasteiger partial charge in [-0.1, -0.05) is 22.0 Å². The smallest absolute Gasteiger partial charge is 0.287 e. The van der Waals surface area contributed by atoms with Crippen LogP contribution in [0.25, 0.3) is 0 Å². The summed E-state index contributed by atoms with van der Waals surface area (Å²) < 4.78 is 12.2. The third-order valence-electron chi connectivity index (χ3n) is 3.69. The van der Waals surface area contributed by atoms with Crippen LogP contribution in [0.1, 0.15) is 29.2 Å². The van der Waals surface area contributed by atoms with Gasteiger partial charge in [-0.2, -0.15) is 0 Å². The molecule has 1 aromatic heterocycles. The highest BCUT2D eigenvalue weighted by atomic mass is 79.9. The lowest BCUT2D eigenvalue weighted by atomic mass is 10.1. The lowest BCUT2D eigenvalue weighted by Crippen LogP contribution is -2.45. The number of hydrogen-bond acceptors (Lipinski definition) is 4. The van der Waals surface area contributed by atoms with E-state index in [9.17, 15) is 4.79 Å². The molecule has 2 aromatic rings. The average Bonchev–Trinajstić information content (AvgIpc) is 3.03. The number of piperidine rings is 1. The highest BCUT2D eigenvalue weighted by Crippen LogP contribution is 2.19. The SMILES string of the molecule is Cl.O=C(NC1CCCNC1)c1ccc(COc2cccc(Br)c2)o1. The summed E-state index contributed by atoms with van der Waals surface area (Å²) in [6, 6.07) is 11.2. The Labute approximate surface area is 155 Å². The molecule has 1 saturated heterocycles. The van der Waals surface area contributed by atoms with Gasteiger partial charge in [-0.15, -0.1) is 12.4 Å². The van der Waals surface area contributed by atoms with E-state index in [1.54, 1.807) is 12.1 Å². The minimum Gasteiger partial charge on any atom is -0.486 e. The summed E-state index contributed by atoms with van der Waals surface area (Å²) in [6.07, 6.45) is 2.08. The number of benzene rings is 1. The molecular weight excluding hydrogens is 396 g/mol. The molecule has 7 heteroatoms. The number of carbonyl (C=O) groups excluding carboxylic acids is 1. The predicted octanol–water partition coefficient (Wildman–Crippen LogP) is 3.52. The molecule has 0 bridgehead atoms. The second-order valence-electron chi connectivity index (χ2n) is 5.53. The van der Waals surface area contributed by atoms with E-state index in [1.165, 1.54) is 0 Å². The molecule has 130 valence electrons. The van der Waals surface area contributed by atoms with Crippen molar-refractivity contribution in [1.29, 1.82) is 0 Å². The number of ether oxygens (including phenoxy) is 1. The van der Waals surface area contributed by atoms with E-state index in [1.807, 2.05) is 24.3 Å². The molecule has 2 N–H and O–H groups in total. The maximum Gasteiger partial charge on any atom is 0.287 e. The Morgan fingerprint density at radius 2 is 2.25 bits per heavy atom. The molecule has 1 amide bonds. The quantitative estimate of drug-likeness (QED) is 0.784. The van der Waals surface area contributed by atoms with Crippen molar-refractivity contribution in [1.82, 2.24) is 10.6 Å². The molecule has 3 rings (SSSR count). The first-order valence-electron chi connectivity index (χ1n) is 7.69. The predicted molar refractivity (Wildman–Crippen MR) is 97.8 cm³/mol. The molecular formula is C17H20BrClN2O3. The molecule has 1 unspecified atom stereocenters. The van der Waals surface area contributed by atoms with Crippen molar-refractivity contribution in [3.8, 4) is 5.75 Å². The van der Waals surface area contributed by atoms with E-state index in [4.69, 9.17) is 9.15 Å². The zero-order chi connectivity index (χ0) is 16.1. The maximum atomic E-state index is 12.2. The monoisotopic (exact) mass is 414 g/mol. The summed E-state index contributed by atoms with van der Waals surface area (Å²) in [6.45, 7) is 2.12. The molecule has 0 aliphatic carbocycles. The van der Waals surface area contributed by atoms with Gasteiger partial charge in [0.2, 0.25) is 0 Å². The van der Waals surface area contributed by atoms with Gasteiger partial charge in [0.1, 0.15) is 18.1 Å². The van der Waals surface area contributed by atoms with Gasteiger partial charge in [-0.25, -0.2) is 0 Å². The molecule has 2 heterocycles. The zero-order valence-corrected chi connectivity index (χ0v) is 15.5. The number of carbonyl (C=O) groups is 1. The fourth-order valence-corrected chi connectivity index (χ4v) is 2.90. The van der Waals surface area contributed by atoms with E-state index >= 15 is 0 Å². The van der Waals surface area contributed by atoms with Crippen LogP contribution in [0.3, 0.4) is 0 Å². The van der Waals surface area contributed by atoms with Crippen LogP contribution in [0.5, 0.6) is 5.75 Å². The summed E-state index contributed by atoms with van der Waals surface area (Å²) in [5.41, 5.74) is 0. The third kappa shape index (κ3) is 5.26. The van der Waals surface area contributed by atoms with Gasteiger partial charge in [0.05, 0.1) is 0 Å². The molecule has 1 aliphatic heterocycles. The number of hydrogen-bond donors (Lipinski definition) is 2. The minimum absolute atomic E-state index is 0. The van der Waals surface area contributed by atoms with Gasteiger partial charge in [0.15, 0.2) is 5.76 Å². The molecule has 1 atom stereocenters. The minimum atomic E-state index is -0.174. The molecule has 1 aromatic carbocycles. The lowest BCUT2D eigenvalue weighted by Gasteiger charge is -2.23. The highest BCUT2D eigenvalue weighted by Gasteiger charge is 2.18. The lowest BCUT2D eigenvalue weighted by molar-refractivity contribution is 0.0898. The number of rotatable bonds is 5. The fourth-order valence-electron chi connectivity index (χ4n) is 2.52. The Morgan fingerprint density at radius 3 is 3.00 bits per heavy atom. The standard InChI is InChI=1S/C17H19BrN2O3.ClH/c18-12-3-1-5-14(9-12)22-11-15-6-7-16(23-15)17(21)20-13-4-2-8-19-10-13;/h1,3,5-7,9,13,19H,2,4,8,10-11H2,(H,20,21);1H. The molecule has 24 heavy (non-hydrogen) atoms. The van der Waals surface area contributed by atoms with Gasteiger partial charge in [0, 0.05) is 17.1 Å². The molecule has 1 fully saturated rings. The highest BCUT2D eigenvalue weighted by molar-refractivity contribution is 9.10. The molecule has 0 saturated carbocycles.